The van der Waals surface area contributed by atoms with E-state index in [1.165, 1.54) is 72.8 Å². The lowest BCUT2D eigenvalue weighted by molar-refractivity contribution is -0.0508. The van der Waals surface area contributed by atoms with E-state index in [2.05, 4.69) is 0 Å². The molecule has 0 aromatic heterocycles. The molecule has 5 nitrogen and oxygen atoms in total. The molecule has 6 rings (SSSR count). The SMILES string of the molecule is O=S(=O)(N([B-]12c3ccccc3C(c3ccccc31)c1ccccc12)S(=O)(=O)C(F)(F)F)C(F)(F)F. The maximum absolute atomic E-state index is 14.0. The first-order valence-corrected chi connectivity index (χ1v) is 12.9. The van der Waals surface area contributed by atoms with Crippen molar-refractivity contribution < 1.29 is 43.2 Å². The summed E-state index contributed by atoms with van der Waals surface area (Å²) in [6.07, 6.45) is -4.01. The first-order valence-electron chi connectivity index (χ1n) is 10.0. The predicted molar refractivity (Wildman–Crippen MR) is 117 cm³/mol. The van der Waals surface area contributed by atoms with E-state index in [0.29, 0.717) is 0 Å². The number of rotatable bonds is 3. The third kappa shape index (κ3) is 2.87. The highest BCUT2D eigenvalue weighted by Gasteiger charge is 2.66. The maximum atomic E-state index is 14.0. The van der Waals surface area contributed by atoms with E-state index in [0.717, 1.165) is 0 Å². The average molecular weight is 532 g/mol. The van der Waals surface area contributed by atoms with Crippen LogP contribution in [0.15, 0.2) is 72.8 Å². The van der Waals surface area contributed by atoms with Gasteiger partial charge < -0.3 is 0 Å². The van der Waals surface area contributed by atoms with Crippen molar-refractivity contribution in [2.45, 2.75) is 16.9 Å². The average Bonchev–Trinajstić information content (AvgIpc) is 2.77. The maximum Gasteiger partial charge on any atom is 0.509 e. The van der Waals surface area contributed by atoms with Crippen molar-refractivity contribution in [3.63, 3.8) is 0 Å². The zero-order valence-corrected chi connectivity index (χ0v) is 18.9. The Bertz CT molecular complexity index is 1430. The molecule has 3 aliphatic rings. The lowest BCUT2D eigenvalue weighted by atomic mass is 9.19. The minimum absolute atomic E-state index is 0.227. The highest BCUT2D eigenvalue weighted by atomic mass is 32.3. The van der Waals surface area contributed by atoms with Gasteiger partial charge in [-0.15, -0.1) is 0 Å². The van der Waals surface area contributed by atoms with Crippen LogP contribution in [0, 0.1) is 0 Å². The Morgan fingerprint density at radius 3 is 1.14 bits per heavy atom. The number of benzene rings is 3. The zero-order chi connectivity index (χ0) is 25.6. The highest BCUT2D eigenvalue weighted by molar-refractivity contribution is 8.07. The fraction of sp³-hybridized carbons (Fsp3) is 0.143. The quantitative estimate of drug-likeness (QED) is 0.384. The molecule has 0 saturated carbocycles. The first kappa shape index (κ1) is 23.9. The number of alkyl halides is 6. The highest BCUT2D eigenvalue weighted by Crippen LogP contribution is 2.46. The van der Waals surface area contributed by atoms with Crippen molar-refractivity contribution in [3.05, 3.63) is 89.5 Å². The number of nitrogens with zero attached hydrogens (tertiary/aromatic N) is 1. The van der Waals surface area contributed by atoms with Crippen molar-refractivity contribution in [1.29, 1.82) is 0 Å². The van der Waals surface area contributed by atoms with Crippen LogP contribution in [0.4, 0.5) is 26.3 Å². The largest absolute Gasteiger partial charge is 0.509 e. The molecule has 0 saturated heterocycles. The summed E-state index contributed by atoms with van der Waals surface area (Å²) in [5, 5.41) is 0. The molecule has 0 aliphatic carbocycles. The van der Waals surface area contributed by atoms with Gasteiger partial charge in [0, 0.05) is 5.92 Å². The van der Waals surface area contributed by atoms with E-state index >= 15 is 0 Å². The summed E-state index contributed by atoms with van der Waals surface area (Å²) in [4.78, 5) is 0. The minimum atomic E-state index is -7.10. The normalized spacial score (nSPS) is 21.4. The standard InChI is InChI=1S/C21H13BF6NO4S2/c23-20(24,25)34(30,31)29(35(32,33)21(26,27)28)22-16-10-4-1-7-13(16)19(14-8-2-5-11-17(14)22)15-9-3-6-12-18(15)22/h1-12,19H/q-1. The van der Waals surface area contributed by atoms with Crippen LogP contribution in [-0.2, 0) is 20.0 Å². The van der Waals surface area contributed by atoms with E-state index < -0.39 is 46.9 Å². The van der Waals surface area contributed by atoms with Crippen molar-refractivity contribution in [3.8, 4) is 0 Å². The number of sulfonamides is 2. The van der Waals surface area contributed by atoms with Crippen LogP contribution in [0.1, 0.15) is 22.6 Å². The lowest BCUT2D eigenvalue weighted by Gasteiger charge is -2.60. The molecule has 3 aliphatic heterocycles. The van der Waals surface area contributed by atoms with Gasteiger partial charge in [-0.25, -0.2) is 20.5 Å². The molecular formula is C21H13BF6NO4S2-. The van der Waals surface area contributed by atoms with Crippen LogP contribution in [0.3, 0.4) is 0 Å². The third-order valence-corrected chi connectivity index (χ3v) is 10.6. The summed E-state index contributed by atoms with van der Waals surface area (Å²) in [7, 11) is -14.2. The summed E-state index contributed by atoms with van der Waals surface area (Å²) in [6, 6.07) is 16.3. The Morgan fingerprint density at radius 1 is 0.571 bits per heavy atom. The predicted octanol–water partition coefficient (Wildman–Crippen LogP) is 2.46. The molecular weight excluding hydrogens is 519 g/mol. The Balaban J connectivity index is 2.08. The fourth-order valence-electron chi connectivity index (χ4n) is 5.56. The molecule has 184 valence electrons. The molecule has 0 fully saturated rings. The molecule has 2 bridgehead atoms. The summed E-state index contributed by atoms with van der Waals surface area (Å²) in [5.74, 6) is -0.647. The zero-order valence-electron chi connectivity index (χ0n) is 17.2. The van der Waals surface area contributed by atoms with Crippen LogP contribution < -0.4 is 16.4 Å². The van der Waals surface area contributed by atoms with Crippen molar-refractivity contribution in [2.75, 3.05) is 0 Å². The summed E-state index contributed by atoms with van der Waals surface area (Å²) >= 11 is 0. The van der Waals surface area contributed by atoms with Gasteiger partial charge >= 0.3 is 11.0 Å². The molecule has 0 atom stereocenters. The monoisotopic (exact) mass is 532 g/mol. The lowest BCUT2D eigenvalue weighted by Crippen LogP contribution is -2.85. The Hall–Kier alpha value is -2.84. The molecule has 35 heavy (non-hydrogen) atoms. The molecule has 0 amide bonds. The Kier molecular flexibility index (Phi) is 4.85. The van der Waals surface area contributed by atoms with E-state index in [-0.39, 0.29) is 33.1 Å². The van der Waals surface area contributed by atoms with Crippen LogP contribution in [0.2, 0.25) is 0 Å². The minimum Gasteiger partial charge on any atom is -0.241 e. The van der Waals surface area contributed by atoms with Gasteiger partial charge in [0.25, 0.3) is 20.0 Å². The Labute approximate surface area is 196 Å². The second-order valence-corrected chi connectivity index (χ2v) is 12.1. The summed E-state index contributed by atoms with van der Waals surface area (Å²) in [5.41, 5.74) is -12.7. The van der Waals surface area contributed by atoms with Gasteiger partial charge in [-0.3, -0.25) is 0 Å². The van der Waals surface area contributed by atoms with Crippen LogP contribution >= 0.6 is 0 Å². The summed E-state index contributed by atoms with van der Waals surface area (Å²) in [6.45, 7) is 0. The van der Waals surface area contributed by atoms with Gasteiger partial charge in [0.2, 0.25) is 0 Å². The molecule has 3 aromatic rings. The molecule has 0 N–H and O–H groups in total. The molecule has 0 unspecified atom stereocenters. The van der Waals surface area contributed by atoms with E-state index in [1.807, 2.05) is 0 Å². The molecule has 3 heterocycles. The van der Waals surface area contributed by atoms with Gasteiger partial charge in [0.15, 0.2) is 6.28 Å². The Morgan fingerprint density at radius 2 is 0.857 bits per heavy atom. The molecule has 0 radical (unpaired) electrons. The van der Waals surface area contributed by atoms with E-state index in [1.54, 1.807) is 0 Å². The topological polar surface area (TPSA) is 71.5 Å². The number of hydrogen-bond acceptors (Lipinski definition) is 4. The van der Waals surface area contributed by atoms with Crippen LogP contribution in [0.5, 0.6) is 0 Å². The van der Waals surface area contributed by atoms with Crippen LogP contribution in [-0.4, -0.2) is 37.8 Å². The van der Waals surface area contributed by atoms with Crippen molar-refractivity contribution >= 4 is 42.7 Å². The van der Waals surface area contributed by atoms with Gasteiger partial charge in [0.05, 0.1) is 0 Å². The van der Waals surface area contributed by atoms with Gasteiger partial charge in [-0.1, -0.05) is 89.5 Å². The van der Waals surface area contributed by atoms with Crippen molar-refractivity contribution in [1.82, 2.24) is 3.62 Å². The number of hydrogen-bond donors (Lipinski definition) is 0. The fourth-order valence-corrected chi connectivity index (χ4v) is 9.02. The van der Waals surface area contributed by atoms with Crippen LogP contribution in [0.25, 0.3) is 0 Å². The molecule has 0 spiro atoms. The molecule has 14 heteroatoms. The smallest absolute Gasteiger partial charge is 0.241 e. The van der Waals surface area contributed by atoms with Gasteiger partial charge in [-0.05, 0) is 0 Å². The van der Waals surface area contributed by atoms with Crippen molar-refractivity contribution in [2.24, 2.45) is 0 Å². The number of halogens is 6. The summed E-state index contributed by atoms with van der Waals surface area (Å²) < 4.78 is 134. The molecule has 3 aromatic carbocycles. The van der Waals surface area contributed by atoms with E-state index in [4.69, 9.17) is 0 Å². The second kappa shape index (κ2) is 7.11. The van der Waals surface area contributed by atoms with Gasteiger partial charge in [-0.2, -0.15) is 42.7 Å². The second-order valence-electron chi connectivity index (χ2n) is 8.27. The first-order chi connectivity index (χ1) is 16.2. The van der Waals surface area contributed by atoms with E-state index in [9.17, 15) is 43.2 Å². The van der Waals surface area contributed by atoms with Gasteiger partial charge in [0.1, 0.15) is 0 Å². The third-order valence-electron chi connectivity index (χ3n) is 6.65.